The molecule has 0 aliphatic carbocycles. The van der Waals surface area contributed by atoms with E-state index in [1.807, 2.05) is 13.0 Å². The first-order valence-corrected chi connectivity index (χ1v) is 8.29. The summed E-state index contributed by atoms with van der Waals surface area (Å²) in [6, 6.07) is 10.9. The third-order valence-corrected chi connectivity index (χ3v) is 3.48. The zero-order chi connectivity index (χ0) is 16.4. The minimum absolute atomic E-state index is 0.317. The quantitative estimate of drug-likeness (QED) is 0.639. The number of likely N-dealkylation sites (N-methyl/N-ethyl adjacent to an activating group) is 1. The Morgan fingerprint density at radius 2 is 2.14 bits per heavy atom. The van der Waals surface area contributed by atoms with Crippen LogP contribution in [-0.4, -0.2) is 47.9 Å². The lowest BCUT2D eigenvalue weighted by Gasteiger charge is -2.14. The van der Waals surface area contributed by atoms with E-state index < -0.39 is 0 Å². The molecule has 0 spiro atoms. The van der Waals surface area contributed by atoms with Crippen LogP contribution >= 0.6 is 24.8 Å². The second kappa shape index (κ2) is 10.6. The van der Waals surface area contributed by atoms with Gasteiger partial charge in [-0.3, -0.25) is 4.99 Å². The van der Waals surface area contributed by atoms with Gasteiger partial charge in [-0.15, -0.1) is 0 Å². The summed E-state index contributed by atoms with van der Waals surface area (Å²) in [5, 5.41) is 0. The summed E-state index contributed by atoms with van der Waals surface area (Å²) in [7, 11) is 2.11. The Morgan fingerprint density at radius 1 is 1.45 bits per heavy atom. The van der Waals surface area contributed by atoms with Gasteiger partial charge >= 0.3 is 0 Å². The molecule has 0 radical (unpaired) electrons. The molecule has 1 aromatic carbocycles. The molecule has 0 aromatic heterocycles. The van der Waals surface area contributed by atoms with Crippen LogP contribution in [0.2, 0.25) is 0 Å². The molecule has 1 unspecified atom stereocenters. The van der Waals surface area contributed by atoms with Gasteiger partial charge in [0.2, 0.25) is 4.38 Å². The van der Waals surface area contributed by atoms with E-state index in [4.69, 9.17) is 10.7 Å². The Morgan fingerprint density at radius 3 is 2.64 bits per heavy atom. The van der Waals surface area contributed by atoms with Crippen LogP contribution in [0, 0.1) is 0 Å². The number of benzene rings is 1. The van der Waals surface area contributed by atoms with Crippen molar-refractivity contribution in [2.24, 2.45) is 10.7 Å². The second-order valence-electron chi connectivity index (χ2n) is 5.02. The molecule has 2 N–H and O–H groups in total. The number of hydrogen-bond acceptors (Lipinski definition) is 5. The van der Waals surface area contributed by atoms with Gasteiger partial charge in [0, 0.05) is 20.0 Å². The minimum atomic E-state index is 0.317. The second-order valence-corrected chi connectivity index (χ2v) is 6.10. The van der Waals surface area contributed by atoms with Crippen molar-refractivity contribution in [1.82, 2.24) is 4.90 Å². The number of nitrogens with zero attached hydrogens (tertiary/aromatic N) is 2. The average molecular weight is 340 g/mol. The van der Waals surface area contributed by atoms with Crippen LogP contribution in [0.4, 0.5) is 0 Å². The van der Waals surface area contributed by atoms with Crippen LogP contribution < -0.4 is 5.73 Å². The van der Waals surface area contributed by atoms with Gasteiger partial charge in [0.15, 0.2) is 0 Å². The lowest BCUT2D eigenvalue weighted by Crippen LogP contribution is -2.26. The molecule has 0 saturated carbocycles. The first-order chi connectivity index (χ1) is 10.6. The Kier molecular flexibility index (Phi) is 9.11. The number of rotatable bonds is 5. The third-order valence-electron chi connectivity index (χ3n) is 3.23. The van der Waals surface area contributed by atoms with E-state index in [1.54, 1.807) is 0 Å². The molecule has 1 heterocycles. The zero-order valence-corrected chi connectivity index (χ0v) is 14.9. The van der Waals surface area contributed by atoms with Crippen molar-refractivity contribution in [3.63, 3.8) is 0 Å². The Bertz CT molecular complexity index is 480. The van der Waals surface area contributed by atoms with Gasteiger partial charge in [0.25, 0.3) is 0 Å². The molecule has 6 heteroatoms. The predicted molar refractivity (Wildman–Crippen MR) is 101 cm³/mol. The van der Waals surface area contributed by atoms with Crippen LogP contribution in [-0.2, 0) is 11.2 Å². The third kappa shape index (κ3) is 7.24. The number of thiol groups is 1. The number of thiocarbonyl (C=S) groups is 1. The van der Waals surface area contributed by atoms with Crippen LogP contribution in [0.15, 0.2) is 35.3 Å². The van der Waals surface area contributed by atoms with Gasteiger partial charge in [0.05, 0.1) is 12.6 Å². The topological polar surface area (TPSA) is 50.9 Å². The molecule has 2 rings (SSSR count). The minimum Gasteiger partial charge on any atom is -0.479 e. The smallest absolute Gasteiger partial charge is 0.216 e. The molecule has 0 fully saturated rings. The number of hydrogen-bond donors (Lipinski definition) is 2. The van der Waals surface area contributed by atoms with E-state index in [0.29, 0.717) is 17.0 Å². The van der Waals surface area contributed by atoms with E-state index in [-0.39, 0.29) is 0 Å². The maximum absolute atomic E-state index is 5.56. The Labute approximate surface area is 144 Å². The van der Waals surface area contributed by atoms with Crippen LogP contribution in [0.3, 0.4) is 0 Å². The van der Waals surface area contributed by atoms with Crippen LogP contribution in [0.1, 0.15) is 18.9 Å². The van der Waals surface area contributed by atoms with Gasteiger partial charge in [-0.25, -0.2) is 0 Å². The standard InChI is InChI=1S/C13H19N3.C3H6OS2/c1-16-10-12(7-8-14)15-13(16)9-11-5-3-2-4-6-11;1-2-4-3(5)6/h2-6,12H,7-10,14H2,1H3;2H2,1H3,(H,5,6). The number of nitrogens with two attached hydrogens (primary N) is 1. The van der Waals surface area contributed by atoms with Gasteiger partial charge in [0.1, 0.15) is 5.84 Å². The molecule has 4 nitrogen and oxygen atoms in total. The highest BCUT2D eigenvalue weighted by Crippen LogP contribution is 2.13. The summed E-state index contributed by atoms with van der Waals surface area (Å²) >= 11 is 8.12. The number of amidine groups is 1. The highest BCUT2D eigenvalue weighted by atomic mass is 32.1. The van der Waals surface area contributed by atoms with Gasteiger partial charge in [-0.1, -0.05) is 43.0 Å². The van der Waals surface area contributed by atoms with E-state index in [1.165, 1.54) is 11.4 Å². The fourth-order valence-electron chi connectivity index (χ4n) is 2.20. The highest BCUT2D eigenvalue weighted by Gasteiger charge is 2.21. The monoisotopic (exact) mass is 339 g/mol. The molecule has 0 bridgehead atoms. The fraction of sp³-hybridized carbons (Fsp3) is 0.500. The summed E-state index contributed by atoms with van der Waals surface area (Å²) in [4.78, 5) is 6.96. The largest absolute Gasteiger partial charge is 0.479 e. The molecule has 22 heavy (non-hydrogen) atoms. The van der Waals surface area contributed by atoms with E-state index in [2.05, 4.69) is 65.8 Å². The SMILES string of the molecule is CCOC(=S)S.CN1CC(CCN)N=C1Cc1ccccc1. The predicted octanol–water partition coefficient (Wildman–Crippen LogP) is 2.53. The van der Waals surface area contributed by atoms with Crippen molar-refractivity contribution < 1.29 is 4.74 Å². The maximum atomic E-state index is 5.56. The average Bonchev–Trinajstić information content (AvgIpc) is 2.81. The van der Waals surface area contributed by atoms with Crippen molar-refractivity contribution in [3.8, 4) is 0 Å². The Balaban J connectivity index is 0.000000346. The van der Waals surface area contributed by atoms with Crippen molar-refractivity contribution in [2.45, 2.75) is 25.8 Å². The zero-order valence-electron chi connectivity index (χ0n) is 13.2. The summed E-state index contributed by atoms with van der Waals surface area (Å²) in [6.07, 6.45) is 1.92. The molecule has 0 amide bonds. The molecule has 1 aliphatic rings. The maximum Gasteiger partial charge on any atom is 0.216 e. The normalized spacial score (nSPS) is 16.6. The molecule has 1 aliphatic heterocycles. The van der Waals surface area contributed by atoms with Crippen molar-refractivity contribution in [2.75, 3.05) is 26.7 Å². The van der Waals surface area contributed by atoms with Gasteiger partial charge in [-0.2, -0.15) is 0 Å². The summed E-state index contributed by atoms with van der Waals surface area (Å²) in [5.41, 5.74) is 6.88. The van der Waals surface area contributed by atoms with Crippen LogP contribution in [0.25, 0.3) is 0 Å². The van der Waals surface area contributed by atoms with Crippen molar-refractivity contribution in [3.05, 3.63) is 35.9 Å². The molecular formula is C16H25N3OS2. The van der Waals surface area contributed by atoms with Crippen molar-refractivity contribution in [1.29, 1.82) is 0 Å². The first-order valence-electron chi connectivity index (χ1n) is 7.44. The molecule has 0 saturated heterocycles. The Hall–Kier alpha value is -1.11. The van der Waals surface area contributed by atoms with E-state index >= 15 is 0 Å². The molecule has 1 atom stereocenters. The van der Waals surface area contributed by atoms with E-state index in [9.17, 15) is 0 Å². The molecule has 122 valence electrons. The first kappa shape index (κ1) is 18.9. The van der Waals surface area contributed by atoms with Gasteiger partial charge in [-0.05, 0) is 37.7 Å². The number of aliphatic imine (C=N–C) groups is 1. The summed E-state index contributed by atoms with van der Waals surface area (Å²) < 4.78 is 4.95. The summed E-state index contributed by atoms with van der Waals surface area (Å²) in [6.45, 7) is 4.21. The van der Waals surface area contributed by atoms with Crippen LogP contribution in [0.5, 0.6) is 0 Å². The molecular weight excluding hydrogens is 314 g/mol. The highest BCUT2D eigenvalue weighted by molar-refractivity contribution is 8.10. The lowest BCUT2D eigenvalue weighted by atomic mass is 10.1. The van der Waals surface area contributed by atoms with E-state index in [0.717, 1.165) is 25.9 Å². The lowest BCUT2D eigenvalue weighted by molar-refractivity contribution is 0.346. The summed E-state index contributed by atoms with van der Waals surface area (Å²) in [5.74, 6) is 1.18. The molecule has 1 aromatic rings. The number of ether oxygens (including phenoxy) is 1. The van der Waals surface area contributed by atoms with Gasteiger partial charge < -0.3 is 15.4 Å². The van der Waals surface area contributed by atoms with Crippen molar-refractivity contribution >= 4 is 35.1 Å². The fourth-order valence-corrected chi connectivity index (χ4v) is 2.45.